The molecule has 9 rings (SSSR count). The highest BCUT2D eigenvalue weighted by atomic mass is 32.2. The SMILES string of the molecule is C[C@@]12CCCN1C(=O)[C@H](Cc1ccc(O)cc1)NC(=O)CN1CCCC[C@H](NC(=O)[C@H](Cc3c[nH]c4ccc(F)cc34)NC(=O)[C@H](Cc3c[nH]c4ccc(F)cc34)NC(=O)CNC(=O)[C@H](CCCCN)NC(=O)CCSCc3cccc(c3)CSC[C@@H](C(N)=O)NC2=O)C1=O. The highest BCUT2D eigenvalue weighted by Crippen LogP contribution is 2.32. The number of primary amides is 1. The fraction of sp³-hybridized carbons (Fsp3) is 0.433. The Kier molecular flexibility index (Phi) is 24.3. The number of aromatic amines is 2. The third kappa shape index (κ3) is 18.9. The number of amides is 10. The van der Waals surface area contributed by atoms with E-state index in [2.05, 4.69) is 47.2 Å². The predicted octanol–water partition coefficient (Wildman–Crippen LogP) is 3.26. The Morgan fingerprint density at radius 2 is 1.28 bits per heavy atom. The second-order valence-corrected chi connectivity index (χ2v) is 26.6. The minimum absolute atomic E-state index is 0.0448. The van der Waals surface area contributed by atoms with E-state index in [9.17, 15) is 61.8 Å². The number of aromatic nitrogens is 2. The minimum atomic E-state index is -1.54. The van der Waals surface area contributed by atoms with Crippen molar-refractivity contribution in [3.05, 3.63) is 137 Å². The van der Waals surface area contributed by atoms with E-state index in [-0.39, 0.29) is 69.5 Å². The van der Waals surface area contributed by atoms with Crippen molar-refractivity contribution in [2.75, 3.05) is 44.2 Å². The first-order valence-electron chi connectivity index (χ1n) is 31.8. The van der Waals surface area contributed by atoms with Crippen LogP contribution in [0, 0.1) is 11.6 Å². The molecule has 95 heavy (non-hydrogen) atoms. The summed E-state index contributed by atoms with van der Waals surface area (Å²) < 4.78 is 29.7. The number of carbonyl (C=O) groups excluding carboxylic acids is 10. The van der Waals surface area contributed by atoms with Crippen molar-refractivity contribution in [2.24, 2.45) is 11.5 Å². The summed E-state index contributed by atoms with van der Waals surface area (Å²) in [7, 11) is 0. The summed E-state index contributed by atoms with van der Waals surface area (Å²) in [5.74, 6) is -6.94. The lowest BCUT2D eigenvalue weighted by molar-refractivity contribution is -0.147. The Morgan fingerprint density at radius 1 is 0.653 bits per heavy atom. The molecule has 3 aliphatic heterocycles. The van der Waals surface area contributed by atoms with E-state index < -0.39 is 126 Å². The van der Waals surface area contributed by atoms with Gasteiger partial charge in [-0.2, -0.15) is 23.5 Å². The lowest BCUT2D eigenvalue weighted by Gasteiger charge is -2.37. The Labute approximate surface area is 556 Å². The molecule has 5 heterocycles. The van der Waals surface area contributed by atoms with E-state index in [4.69, 9.17) is 11.5 Å². The number of aromatic hydroxyl groups is 1. The largest absolute Gasteiger partial charge is 0.508 e. The number of carbonyl (C=O) groups is 10. The van der Waals surface area contributed by atoms with E-state index in [1.54, 1.807) is 31.5 Å². The van der Waals surface area contributed by atoms with Crippen LogP contribution in [0.4, 0.5) is 8.78 Å². The summed E-state index contributed by atoms with van der Waals surface area (Å²) in [6.45, 7) is 0.845. The maximum Gasteiger partial charge on any atom is 0.246 e. The molecule has 3 aliphatic rings. The smallest absolute Gasteiger partial charge is 0.246 e. The van der Waals surface area contributed by atoms with Crippen molar-refractivity contribution >= 4 is 104 Å². The first-order valence-corrected chi connectivity index (χ1v) is 34.1. The van der Waals surface area contributed by atoms with Crippen LogP contribution in [0.15, 0.2) is 97.3 Å². The molecule has 0 saturated carbocycles. The Hall–Kier alpha value is -9.02. The number of rotatable bonds is 11. The van der Waals surface area contributed by atoms with E-state index in [0.29, 0.717) is 94.4 Å². The lowest BCUT2D eigenvalue weighted by Crippen LogP contribution is -2.62. The second kappa shape index (κ2) is 32.9. The third-order valence-corrected chi connectivity index (χ3v) is 19.5. The maximum absolute atomic E-state index is 15.0. The average Bonchev–Trinajstić information content (AvgIpc) is 1.70. The molecule has 4 bridgehead atoms. The highest BCUT2D eigenvalue weighted by Gasteiger charge is 2.48. The van der Waals surface area contributed by atoms with Crippen LogP contribution in [0.5, 0.6) is 5.75 Å². The summed E-state index contributed by atoms with van der Waals surface area (Å²) in [4.78, 5) is 152. The zero-order valence-electron chi connectivity index (χ0n) is 52.7. The third-order valence-electron chi connectivity index (χ3n) is 17.4. The van der Waals surface area contributed by atoms with E-state index >= 15 is 0 Å². The molecule has 4 aromatic carbocycles. The van der Waals surface area contributed by atoms with Gasteiger partial charge in [0.2, 0.25) is 59.1 Å². The number of H-pyrrole nitrogens is 2. The van der Waals surface area contributed by atoms with Crippen molar-refractivity contribution in [3.63, 3.8) is 0 Å². The summed E-state index contributed by atoms with van der Waals surface area (Å²) >= 11 is 2.85. The molecule has 0 aliphatic carbocycles. The molecule has 7 atom stereocenters. The van der Waals surface area contributed by atoms with Gasteiger partial charge in [-0.15, -0.1) is 0 Å². The number of halogens is 2. The van der Waals surface area contributed by atoms with Crippen molar-refractivity contribution in [1.82, 2.24) is 57.0 Å². The summed E-state index contributed by atoms with van der Waals surface area (Å²) in [5, 5.41) is 30.1. The number of nitrogens with one attached hydrogen (secondary N) is 9. The van der Waals surface area contributed by atoms with Gasteiger partial charge in [0, 0.05) is 96.0 Å². The molecule has 28 heteroatoms. The molecule has 2 saturated heterocycles. The lowest BCUT2D eigenvalue weighted by atomic mass is 9.95. The number of hydrogen-bond donors (Lipinski definition) is 12. The van der Waals surface area contributed by atoms with Crippen LogP contribution in [-0.2, 0) is 78.7 Å². The number of fused-ring (bicyclic) bond motifs is 7. The van der Waals surface area contributed by atoms with Gasteiger partial charge in [-0.1, -0.05) is 36.4 Å². The first-order chi connectivity index (χ1) is 45.6. The van der Waals surface area contributed by atoms with Gasteiger partial charge < -0.3 is 73.6 Å². The monoisotopic (exact) mass is 1350 g/mol. The van der Waals surface area contributed by atoms with E-state index in [1.807, 2.05) is 24.3 Å². The second-order valence-electron chi connectivity index (χ2n) is 24.5. The molecular formula is C67H81F2N13O11S2. The van der Waals surface area contributed by atoms with Crippen molar-refractivity contribution in [3.8, 4) is 5.75 Å². The molecule has 0 spiro atoms. The van der Waals surface area contributed by atoms with Gasteiger partial charge >= 0.3 is 0 Å². The van der Waals surface area contributed by atoms with Gasteiger partial charge in [0.15, 0.2) is 0 Å². The van der Waals surface area contributed by atoms with Crippen molar-refractivity contribution < 1.29 is 61.8 Å². The molecular weight excluding hydrogens is 1260 g/mol. The van der Waals surface area contributed by atoms with Gasteiger partial charge in [0.05, 0.1) is 13.1 Å². The minimum Gasteiger partial charge on any atom is -0.508 e. The Balaban J connectivity index is 1.01. The van der Waals surface area contributed by atoms with Crippen molar-refractivity contribution in [2.45, 2.75) is 137 Å². The Morgan fingerprint density at radius 3 is 1.95 bits per heavy atom. The molecule has 14 N–H and O–H groups in total. The number of unbranched alkanes of at least 4 members (excludes halogenated alkanes) is 1. The predicted molar refractivity (Wildman–Crippen MR) is 356 cm³/mol. The number of nitrogens with two attached hydrogens (primary N) is 2. The zero-order chi connectivity index (χ0) is 67.8. The number of phenols is 1. The number of nitrogens with zero attached hydrogens (tertiary/aromatic N) is 2. The molecule has 6 aromatic rings. The molecule has 24 nitrogen and oxygen atoms in total. The molecule has 0 radical (unpaired) electrons. The van der Waals surface area contributed by atoms with Gasteiger partial charge in [0.1, 0.15) is 59.2 Å². The standard InChI is InChI=1S/C67H81F2N13O11S2/c1-67-21-7-24-82(67)65(92)55(27-39-12-16-46(83)17-13-39)77-59(86)35-81-23-5-3-11-52(64(81)91)78-63(90)54(29-43-33-73-50-19-15-45(69)31-48(43)50)79-62(89)53(28-42-32-72-49-18-14-44(68)30-47(42)49)76-58(85)34-74-61(88)51(10-2-4-22-70)75-57(84)20-25-94-36-40-8-6-9-41(26-40)37-95-38-56(60(71)87)80-66(67)93/h6,8-9,12-19,26,30-33,51-56,72-73,83H,2-5,7,10-11,20-25,27-29,34-38,70H2,1H3,(H2,71,87)(H,74,88)(H,75,84)(H,76,85)(H,77,86)(H,78,90)(H,79,89)(H,80,93)/t51-,52-,53-,54-,55-,56-,67-/m0/s1. The van der Waals surface area contributed by atoms with Crippen molar-refractivity contribution in [1.29, 1.82) is 0 Å². The highest BCUT2D eigenvalue weighted by molar-refractivity contribution is 7.98. The van der Waals surface area contributed by atoms with Gasteiger partial charge in [0.25, 0.3) is 0 Å². The molecule has 2 aromatic heterocycles. The van der Waals surface area contributed by atoms with Crippen LogP contribution in [0.3, 0.4) is 0 Å². The average molecular weight is 1350 g/mol. The normalized spacial score (nSPS) is 23.5. The summed E-state index contributed by atoms with van der Waals surface area (Å²) in [6.07, 6.45) is 5.15. The maximum atomic E-state index is 15.0. The van der Waals surface area contributed by atoms with Crippen LogP contribution in [-0.4, -0.2) is 170 Å². The van der Waals surface area contributed by atoms with Crippen LogP contribution < -0.4 is 48.7 Å². The summed E-state index contributed by atoms with van der Waals surface area (Å²) in [5.41, 5.74) is 14.4. The van der Waals surface area contributed by atoms with E-state index in [1.165, 1.54) is 81.9 Å². The Bertz CT molecular complexity index is 3800. The number of phenolic OH excluding ortho intramolecular Hbond substituents is 1. The molecule has 0 unspecified atom stereocenters. The number of thioether (sulfide) groups is 2. The van der Waals surface area contributed by atoms with Crippen LogP contribution in [0.2, 0.25) is 0 Å². The van der Waals surface area contributed by atoms with Crippen LogP contribution in [0.25, 0.3) is 21.8 Å². The van der Waals surface area contributed by atoms with Gasteiger partial charge in [-0.25, -0.2) is 8.78 Å². The quantitative estimate of drug-likeness (QED) is 0.0829. The van der Waals surface area contributed by atoms with Crippen LogP contribution in [0.1, 0.15) is 92.5 Å². The molecule has 506 valence electrons. The fourth-order valence-electron chi connectivity index (χ4n) is 12.2. The first kappa shape index (κ1) is 70.3. The molecule has 2 fully saturated rings. The summed E-state index contributed by atoms with van der Waals surface area (Å²) in [6, 6.07) is 13.9. The van der Waals surface area contributed by atoms with Gasteiger partial charge in [-0.3, -0.25) is 47.9 Å². The fourth-order valence-corrected chi connectivity index (χ4v) is 14.1. The number of benzene rings is 4. The molecule has 10 amide bonds. The number of hydrogen-bond acceptors (Lipinski definition) is 14. The zero-order valence-corrected chi connectivity index (χ0v) is 54.3. The topological polar surface area (TPSA) is 365 Å². The van der Waals surface area contributed by atoms with Crippen LogP contribution >= 0.6 is 23.5 Å². The van der Waals surface area contributed by atoms with Gasteiger partial charge in [-0.05, 0) is 141 Å². The van der Waals surface area contributed by atoms with E-state index in [0.717, 1.165) is 11.1 Å².